The first-order chi connectivity index (χ1) is 20.6. The third kappa shape index (κ3) is 6.44. The summed E-state index contributed by atoms with van der Waals surface area (Å²) >= 11 is 0. The molecule has 0 spiro atoms. The maximum absolute atomic E-state index is 13.8. The average molecular weight is 655 g/mol. The molecule has 2 atom stereocenters. The van der Waals surface area contributed by atoms with Crippen molar-refractivity contribution in [1.82, 2.24) is 0 Å². The zero-order valence-corrected chi connectivity index (χ0v) is 32.8. The predicted octanol–water partition coefficient (Wildman–Crippen LogP) is 10.1. The van der Waals surface area contributed by atoms with Crippen molar-refractivity contribution in [3.05, 3.63) is 57.9 Å². The van der Waals surface area contributed by atoms with Gasteiger partial charge in [-0.1, -0.05) is 80.5 Å². The quantitative estimate of drug-likeness (QED) is 0.175. The molecule has 0 radical (unpaired) electrons. The number of hydrogen-bond donors (Lipinski definition) is 0. The molecule has 1 heterocycles. The number of ketones is 2. The van der Waals surface area contributed by atoms with Crippen LogP contribution in [0.25, 0.3) is 0 Å². The molecule has 1 aromatic rings. The molecule has 0 saturated carbocycles. The van der Waals surface area contributed by atoms with E-state index in [1.54, 1.807) is 13.0 Å². The molecular formula is C37H58O6Si2. The summed E-state index contributed by atoms with van der Waals surface area (Å²) < 4.78 is 25.8. The minimum atomic E-state index is -2.46. The van der Waals surface area contributed by atoms with Crippen molar-refractivity contribution in [3.63, 3.8) is 0 Å². The van der Waals surface area contributed by atoms with E-state index in [2.05, 4.69) is 107 Å². The van der Waals surface area contributed by atoms with Crippen molar-refractivity contribution in [2.24, 2.45) is 0 Å². The van der Waals surface area contributed by atoms with Crippen LogP contribution in [-0.4, -0.2) is 48.0 Å². The molecule has 45 heavy (non-hydrogen) atoms. The van der Waals surface area contributed by atoms with Gasteiger partial charge in [-0.05, 0) is 74.1 Å². The van der Waals surface area contributed by atoms with Crippen LogP contribution < -0.4 is 9.16 Å². The Labute approximate surface area is 274 Å². The van der Waals surface area contributed by atoms with Crippen LogP contribution in [0, 0.1) is 0 Å². The van der Waals surface area contributed by atoms with Crippen molar-refractivity contribution >= 4 is 28.2 Å². The number of methoxy groups -OCH3 is 1. The monoisotopic (exact) mass is 654 g/mol. The van der Waals surface area contributed by atoms with Crippen LogP contribution in [0.5, 0.6) is 11.5 Å². The lowest BCUT2D eigenvalue weighted by Gasteiger charge is -2.43. The van der Waals surface area contributed by atoms with Crippen molar-refractivity contribution in [1.29, 1.82) is 0 Å². The summed E-state index contributed by atoms with van der Waals surface area (Å²) in [5.41, 5.74) is 3.17. The van der Waals surface area contributed by atoms with Gasteiger partial charge in [0.15, 0.2) is 19.9 Å². The summed E-state index contributed by atoms with van der Waals surface area (Å²) in [6.07, 6.45) is 6.02. The van der Waals surface area contributed by atoms with Gasteiger partial charge in [0.05, 0.1) is 24.7 Å². The van der Waals surface area contributed by atoms with Gasteiger partial charge in [-0.2, -0.15) is 0 Å². The van der Waals surface area contributed by atoms with Crippen molar-refractivity contribution < 1.29 is 27.9 Å². The molecule has 0 bridgehead atoms. The minimum Gasteiger partial charge on any atom is -0.542 e. The molecule has 2 aliphatic rings. The first kappa shape index (κ1) is 37.0. The summed E-state index contributed by atoms with van der Waals surface area (Å²) in [6.45, 7) is 33.2. The van der Waals surface area contributed by atoms with E-state index in [4.69, 9.17) is 18.3 Å². The highest BCUT2D eigenvalue weighted by atomic mass is 28.4. The highest BCUT2D eigenvalue weighted by Gasteiger charge is 2.52. The number of Topliss-reactive ketones (excluding diaryl/α,β-unsaturated/α-hetero) is 2. The van der Waals surface area contributed by atoms with Crippen molar-refractivity contribution in [3.8, 4) is 11.5 Å². The van der Waals surface area contributed by atoms with E-state index in [1.165, 1.54) is 7.11 Å². The summed E-state index contributed by atoms with van der Waals surface area (Å²) in [7, 11) is -2.90. The van der Waals surface area contributed by atoms with Gasteiger partial charge in [-0.3, -0.25) is 9.59 Å². The molecule has 1 aliphatic heterocycles. The molecule has 1 aliphatic carbocycles. The lowest BCUT2D eigenvalue weighted by molar-refractivity contribution is 0.0902. The van der Waals surface area contributed by atoms with E-state index in [0.29, 0.717) is 45.9 Å². The SMILES string of the molecule is COC1=C(C)C(=O)c2c(cc(O[Si](C(C)C)(C(C)C)C(C)C)c3c2O[C@H](C)[C@]3(C)/C=C/C=C(\C)CO[Si](C)(C)C(C)(C)C)C1=O. The Hall–Kier alpha value is -2.43. The Balaban J connectivity index is 2.23. The first-order valence-corrected chi connectivity index (χ1v) is 21.5. The molecule has 0 N–H and O–H groups in total. The summed E-state index contributed by atoms with van der Waals surface area (Å²) in [6, 6.07) is 1.80. The molecule has 0 unspecified atom stereocenters. The highest BCUT2D eigenvalue weighted by molar-refractivity contribution is 6.78. The van der Waals surface area contributed by atoms with Gasteiger partial charge in [-0.15, -0.1) is 0 Å². The van der Waals surface area contributed by atoms with Gasteiger partial charge in [0, 0.05) is 16.7 Å². The smallest absolute Gasteiger partial charge is 0.258 e. The number of allylic oxidation sites excluding steroid dienone is 4. The van der Waals surface area contributed by atoms with Crippen LogP contribution in [0.4, 0.5) is 0 Å². The van der Waals surface area contributed by atoms with Gasteiger partial charge in [0.25, 0.3) is 8.32 Å². The Kier molecular flexibility index (Phi) is 10.7. The van der Waals surface area contributed by atoms with Crippen molar-refractivity contribution in [2.45, 2.75) is 136 Å². The third-order valence-corrected chi connectivity index (χ3v) is 21.2. The second-order valence-corrected chi connectivity index (χ2v) is 25.9. The fourth-order valence-electron chi connectivity index (χ4n) is 6.81. The Bertz CT molecular complexity index is 1400. The zero-order chi connectivity index (χ0) is 34.4. The van der Waals surface area contributed by atoms with Gasteiger partial charge >= 0.3 is 0 Å². The van der Waals surface area contributed by atoms with E-state index in [9.17, 15) is 9.59 Å². The predicted molar refractivity (Wildman–Crippen MR) is 190 cm³/mol. The fraction of sp³-hybridized carbons (Fsp3) is 0.622. The fourth-order valence-corrected chi connectivity index (χ4v) is 13.1. The zero-order valence-electron chi connectivity index (χ0n) is 30.8. The number of benzene rings is 1. The molecule has 250 valence electrons. The molecule has 0 aromatic heterocycles. The Morgan fingerprint density at radius 3 is 2.09 bits per heavy atom. The maximum atomic E-state index is 13.8. The first-order valence-electron chi connectivity index (χ1n) is 16.5. The molecule has 8 heteroatoms. The van der Waals surface area contributed by atoms with Crippen LogP contribution >= 0.6 is 0 Å². The standard InChI is InChI=1S/C37H58O6Si2/c1-22(2)45(23(3)4,24(5)6)43-29-20-28-30(32(38)26(8)34(40-14)33(28)39)35-31(29)37(13,27(9)42-35)19-17-18-25(7)21-41-44(15,16)36(10,11)12/h17-20,22-24,27H,21H2,1-16H3/b19-17+,25-18+/t27-,37+/m1/s1. The maximum Gasteiger partial charge on any atom is 0.258 e. The molecule has 0 amide bonds. The van der Waals surface area contributed by atoms with E-state index >= 15 is 0 Å². The van der Waals surface area contributed by atoms with Crippen LogP contribution in [0.2, 0.25) is 34.8 Å². The minimum absolute atomic E-state index is 0.0766. The lowest BCUT2D eigenvalue weighted by atomic mass is 9.76. The van der Waals surface area contributed by atoms with Gasteiger partial charge < -0.3 is 18.3 Å². The number of carbonyl (C=O) groups excluding carboxylic acids is 2. The number of fused-ring (bicyclic) bond motifs is 3. The van der Waals surface area contributed by atoms with Gasteiger partial charge in [-0.25, -0.2) is 0 Å². The van der Waals surface area contributed by atoms with Crippen LogP contribution in [-0.2, 0) is 14.6 Å². The number of rotatable bonds is 11. The Morgan fingerprint density at radius 2 is 1.60 bits per heavy atom. The van der Waals surface area contributed by atoms with E-state index in [0.717, 1.165) is 11.1 Å². The van der Waals surface area contributed by atoms with E-state index < -0.39 is 22.0 Å². The molecule has 6 nitrogen and oxygen atoms in total. The van der Waals surface area contributed by atoms with Gasteiger partial charge in [0.2, 0.25) is 5.78 Å². The van der Waals surface area contributed by atoms with Crippen LogP contribution in [0.3, 0.4) is 0 Å². The van der Waals surface area contributed by atoms with Gasteiger partial charge in [0.1, 0.15) is 17.6 Å². The summed E-state index contributed by atoms with van der Waals surface area (Å²) in [4.78, 5) is 27.6. The van der Waals surface area contributed by atoms with E-state index in [1.807, 2.05) is 6.92 Å². The number of hydrogen-bond acceptors (Lipinski definition) is 6. The molecule has 0 saturated heterocycles. The van der Waals surface area contributed by atoms with Crippen LogP contribution in [0.15, 0.2) is 41.2 Å². The van der Waals surface area contributed by atoms with Crippen molar-refractivity contribution in [2.75, 3.05) is 13.7 Å². The number of ether oxygens (including phenoxy) is 2. The van der Waals surface area contributed by atoms with Crippen LogP contribution in [0.1, 0.15) is 116 Å². The summed E-state index contributed by atoms with van der Waals surface area (Å²) in [5, 5.41) is 0.142. The second-order valence-electron chi connectivity index (χ2n) is 15.7. The lowest BCUT2D eigenvalue weighted by Crippen LogP contribution is -2.51. The molecule has 0 fully saturated rings. The summed E-state index contributed by atoms with van der Waals surface area (Å²) in [5.74, 6) is 0.608. The molecular weight excluding hydrogens is 597 g/mol. The highest BCUT2D eigenvalue weighted by Crippen LogP contribution is 2.55. The van der Waals surface area contributed by atoms with E-state index in [-0.39, 0.29) is 34.0 Å². The largest absolute Gasteiger partial charge is 0.542 e. The molecule has 1 aromatic carbocycles. The average Bonchev–Trinajstić information content (AvgIpc) is 3.18. The number of carbonyl (C=O) groups is 2. The Morgan fingerprint density at radius 1 is 1.04 bits per heavy atom. The normalized spacial score (nSPS) is 21.3. The third-order valence-electron chi connectivity index (χ3n) is 10.8. The second kappa shape index (κ2) is 13.0. The molecule has 3 rings (SSSR count). The topological polar surface area (TPSA) is 71.1 Å².